The van der Waals surface area contributed by atoms with Gasteiger partial charge in [-0.05, 0) is 0 Å². The minimum absolute atomic E-state index is 0.157. The first-order valence-electron chi connectivity index (χ1n) is 6.42. The van der Waals surface area contributed by atoms with E-state index < -0.39 is 0 Å². The minimum atomic E-state index is -0.323. The molecule has 0 saturated carbocycles. The number of nitrogens with two attached hydrogens (primary N) is 1. The van der Waals surface area contributed by atoms with E-state index in [2.05, 4.69) is 5.32 Å². The van der Waals surface area contributed by atoms with Crippen molar-refractivity contribution in [3.63, 3.8) is 0 Å². The van der Waals surface area contributed by atoms with E-state index in [-0.39, 0.29) is 25.0 Å². The van der Waals surface area contributed by atoms with Gasteiger partial charge in [-0.3, -0.25) is 4.79 Å². The Morgan fingerprint density at radius 1 is 1.10 bits per heavy atom. The first-order valence-corrected chi connectivity index (χ1v) is 6.42. The van der Waals surface area contributed by atoms with Crippen molar-refractivity contribution in [2.24, 2.45) is 5.73 Å². The Balaban J connectivity index is 2.93. The van der Waals surface area contributed by atoms with Crippen molar-refractivity contribution in [3.8, 4) is 17.2 Å². The van der Waals surface area contributed by atoms with Crippen LogP contribution in [0.4, 0.5) is 5.69 Å². The SMILES string of the molecule is COc1cc(OC)c(OC)cc1NC(=O)CC(CN)OC. The van der Waals surface area contributed by atoms with Crippen LogP contribution in [-0.4, -0.2) is 47.0 Å². The van der Waals surface area contributed by atoms with Crippen molar-refractivity contribution in [3.05, 3.63) is 12.1 Å². The fraction of sp³-hybridized carbons (Fsp3) is 0.500. The van der Waals surface area contributed by atoms with Gasteiger partial charge in [-0.15, -0.1) is 0 Å². The molecular formula is C14H22N2O5. The molecule has 0 aliphatic heterocycles. The van der Waals surface area contributed by atoms with Crippen molar-refractivity contribution in [1.82, 2.24) is 0 Å². The van der Waals surface area contributed by atoms with E-state index >= 15 is 0 Å². The summed E-state index contributed by atoms with van der Waals surface area (Å²) >= 11 is 0. The fourth-order valence-corrected chi connectivity index (χ4v) is 1.80. The molecule has 1 aromatic rings. The van der Waals surface area contributed by atoms with Gasteiger partial charge in [-0.2, -0.15) is 0 Å². The summed E-state index contributed by atoms with van der Waals surface area (Å²) in [6.07, 6.45) is -0.166. The lowest BCUT2D eigenvalue weighted by Crippen LogP contribution is -2.28. The molecule has 0 aliphatic carbocycles. The Labute approximate surface area is 124 Å². The van der Waals surface area contributed by atoms with Crippen LogP contribution in [0.1, 0.15) is 6.42 Å². The Bertz CT molecular complexity index is 475. The lowest BCUT2D eigenvalue weighted by molar-refractivity contribution is -0.118. The maximum Gasteiger partial charge on any atom is 0.227 e. The average molecular weight is 298 g/mol. The molecule has 0 radical (unpaired) electrons. The second-order valence-electron chi connectivity index (χ2n) is 4.25. The zero-order valence-electron chi connectivity index (χ0n) is 12.8. The molecule has 0 fully saturated rings. The molecule has 0 heterocycles. The third-order valence-corrected chi connectivity index (χ3v) is 2.99. The number of methoxy groups -OCH3 is 4. The smallest absolute Gasteiger partial charge is 0.227 e. The van der Waals surface area contributed by atoms with Gasteiger partial charge in [0.1, 0.15) is 5.75 Å². The Hall–Kier alpha value is -1.99. The summed E-state index contributed by atoms with van der Waals surface area (Å²) in [7, 11) is 6.07. The van der Waals surface area contributed by atoms with E-state index in [4.69, 9.17) is 24.7 Å². The molecule has 1 amide bonds. The summed E-state index contributed by atoms with van der Waals surface area (Å²) in [5.74, 6) is 1.26. The van der Waals surface area contributed by atoms with Crippen LogP contribution in [0.25, 0.3) is 0 Å². The summed E-state index contributed by atoms with van der Waals surface area (Å²) < 4.78 is 20.7. The van der Waals surface area contributed by atoms with Gasteiger partial charge in [-0.25, -0.2) is 0 Å². The van der Waals surface area contributed by atoms with Crippen LogP contribution in [0, 0.1) is 0 Å². The fourth-order valence-electron chi connectivity index (χ4n) is 1.80. The summed E-state index contributed by atoms with van der Waals surface area (Å²) in [4.78, 5) is 12.0. The van der Waals surface area contributed by atoms with E-state index in [1.165, 1.54) is 28.4 Å². The predicted molar refractivity (Wildman–Crippen MR) is 79.2 cm³/mol. The van der Waals surface area contributed by atoms with Crippen molar-refractivity contribution in [1.29, 1.82) is 0 Å². The number of hydrogen-bond donors (Lipinski definition) is 2. The first kappa shape index (κ1) is 17.1. The predicted octanol–water partition coefficient (Wildman–Crippen LogP) is 1.01. The zero-order valence-corrected chi connectivity index (χ0v) is 12.8. The lowest BCUT2D eigenvalue weighted by atomic mass is 10.2. The number of ether oxygens (including phenoxy) is 4. The highest BCUT2D eigenvalue weighted by Crippen LogP contribution is 2.37. The van der Waals surface area contributed by atoms with Crippen molar-refractivity contribution in [2.45, 2.75) is 12.5 Å². The largest absolute Gasteiger partial charge is 0.494 e. The molecule has 0 aromatic heterocycles. The van der Waals surface area contributed by atoms with Gasteiger partial charge in [0.25, 0.3) is 0 Å². The highest BCUT2D eigenvalue weighted by Gasteiger charge is 2.16. The molecule has 0 saturated heterocycles. The Morgan fingerprint density at radius 3 is 2.14 bits per heavy atom. The van der Waals surface area contributed by atoms with Crippen LogP contribution in [-0.2, 0) is 9.53 Å². The highest BCUT2D eigenvalue weighted by atomic mass is 16.5. The van der Waals surface area contributed by atoms with Crippen LogP contribution >= 0.6 is 0 Å². The van der Waals surface area contributed by atoms with Crippen LogP contribution in [0.15, 0.2) is 12.1 Å². The van der Waals surface area contributed by atoms with E-state index in [0.717, 1.165) is 0 Å². The molecule has 118 valence electrons. The summed E-state index contributed by atoms with van der Waals surface area (Å²) in [5.41, 5.74) is 5.99. The molecule has 21 heavy (non-hydrogen) atoms. The second kappa shape index (κ2) is 8.33. The topological polar surface area (TPSA) is 92.0 Å². The van der Waals surface area contributed by atoms with E-state index in [0.29, 0.717) is 22.9 Å². The molecule has 0 spiro atoms. The third-order valence-electron chi connectivity index (χ3n) is 2.99. The van der Waals surface area contributed by atoms with Gasteiger partial charge in [0.2, 0.25) is 5.91 Å². The van der Waals surface area contributed by atoms with Gasteiger partial charge in [0, 0.05) is 25.8 Å². The molecule has 7 nitrogen and oxygen atoms in total. The van der Waals surface area contributed by atoms with E-state index in [1.807, 2.05) is 0 Å². The molecule has 0 bridgehead atoms. The van der Waals surface area contributed by atoms with Crippen LogP contribution in [0.2, 0.25) is 0 Å². The molecule has 1 unspecified atom stereocenters. The van der Waals surface area contributed by atoms with Gasteiger partial charge in [-0.1, -0.05) is 0 Å². The number of carbonyl (C=O) groups is 1. The molecule has 3 N–H and O–H groups in total. The number of nitrogens with one attached hydrogen (secondary N) is 1. The normalized spacial score (nSPS) is 11.7. The van der Waals surface area contributed by atoms with Gasteiger partial charge >= 0.3 is 0 Å². The van der Waals surface area contributed by atoms with Crippen LogP contribution in [0.3, 0.4) is 0 Å². The number of hydrogen-bond acceptors (Lipinski definition) is 6. The average Bonchev–Trinajstić information content (AvgIpc) is 2.51. The molecule has 1 aromatic carbocycles. The zero-order chi connectivity index (χ0) is 15.8. The number of rotatable bonds is 8. The molecule has 0 aliphatic rings. The quantitative estimate of drug-likeness (QED) is 0.744. The van der Waals surface area contributed by atoms with E-state index in [1.54, 1.807) is 12.1 Å². The highest BCUT2D eigenvalue weighted by molar-refractivity contribution is 5.93. The summed E-state index contributed by atoms with van der Waals surface area (Å²) in [6, 6.07) is 3.28. The van der Waals surface area contributed by atoms with Gasteiger partial charge < -0.3 is 30.0 Å². The van der Waals surface area contributed by atoms with Gasteiger partial charge in [0.05, 0.1) is 39.5 Å². The monoisotopic (exact) mass is 298 g/mol. The van der Waals surface area contributed by atoms with Gasteiger partial charge in [0.15, 0.2) is 11.5 Å². The standard InChI is InChI=1S/C14H22N2O5/c1-18-9(8-15)5-14(17)16-10-6-12(20-3)13(21-4)7-11(10)19-2/h6-7,9H,5,8,15H2,1-4H3,(H,16,17). The Kier molecular flexibility index (Phi) is 6.77. The van der Waals surface area contributed by atoms with Crippen molar-refractivity contribution < 1.29 is 23.7 Å². The van der Waals surface area contributed by atoms with Crippen molar-refractivity contribution in [2.75, 3.05) is 40.3 Å². The summed E-state index contributed by atoms with van der Waals surface area (Å²) in [6.45, 7) is 0.271. The number of anilines is 1. The number of benzene rings is 1. The number of carbonyl (C=O) groups excluding carboxylic acids is 1. The maximum absolute atomic E-state index is 12.0. The van der Waals surface area contributed by atoms with E-state index in [9.17, 15) is 4.79 Å². The van der Waals surface area contributed by atoms with Crippen LogP contribution in [0.5, 0.6) is 17.2 Å². The molecular weight excluding hydrogens is 276 g/mol. The van der Waals surface area contributed by atoms with Crippen LogP contribution < -0.4 is 25.3 Å². The van der Waals surface area contributed by atoms with Crippen molar-refractivity contribution >= 4 is 11.6 Å². The third kappa shape index (κ3) is 4.51. The maximum atomic E-state index is 12.0. The summed E-state index contributed by atoms with van der Waals surface area (Å²) in [5, 5.41) is 2.75. The lowest BCUT2D eigenvalue weighted by Gasteiger charge is -2.16. The molecule has 7 heteroatoms. The second-order valence-corrected chi connectivity index (χ2v) is 4.25. The molecule has 1 atom stereocenters. The first-order chi connectivity index (χ1) is 10.1. The Morgan fingerprint density at radius 2 is 1.67 bits per heavy atom. The minimum Gasteiger partial charge on any atom is -0.494 e. The number of amides is 1. The molecule has 1 rings (SSSR count).